The van der Waals surface area contributed by atoms with E-state index in [9.17, 15) is 4.79 Å². The molecule has 106 valence electrons. The van der Waals surface area contributed by atoms with E-state index >= 15 is 0 Å². The molecule has 1 aromatic heterocycles. The number of rotatable bonds is 6. The fourth-order valence-corrected chi connectivity index (χ4v) is 1.53. The van der Waals surface area contributed by atoms with Crippen LogP contribution in [0.25, 0.3) is 0 Å². The summed E-state index contributed by atoms with van der Waals surface area (Å²) in [6, 6.07) is 0.873. The molecule has 1 saturated carbocycles. The van der Waals surface area contributed by atoms with E-state index in [-0.39, 0.29) is 24.0 Å². The van der Waals surface area contributed by atoms with Crippen molar-refractivity contribution in [3.05, 3.63) is 5.89 Å². The first-order valence-electron chi connectivity index (χ1n) is 6.53. The molecule has 1 aliphatic rings. The lowest BCUT2D eigenvalue weighted by Gasteiger charge is -2.20. The van der Waals surface area contributed by atoms with Gasteiger partial charge in [-0.15, -0.1) is 5.10 Å². The Morgan fingerprint density at radius 1 is 1.37 bits per heavy atom. The highest BCUT2D eigenvalue weighted by molar-refractivity contribution is 5.80. The summed E-state index contributed by atoms with van der Waals surface area (Å²) in [6.07, 6.45) is 2.43. The molecule has 19 heavy (non-hydrogen) atoms. The van der Waals surface area contributed by atoms with Crippen LogP contribution in [0.3, 0.4) is 0 Å². The Hall–Kier alpha value is -1.63. The molecule has 7 nitrogen and oxygen atoms in total. The van der Waals surface area contributed by atoms with E-state index in [2.05, 4.69) is 26.1 Å². The first-order valence-corrected chi connectivity index (χ1v) is 6.53. The van der Waals surface area contributed by atoms with Crippen molar-refractivity contribution < 1.29 is 9.21 Å². The van der Waals surface area contributed by atoms with Crippen LogP contribution in [0, 0.1) is 0 Å². The van der Waals surface area contributed by atoms with Gasteiger partial charge in [0.15, 0.2) is 0 Å². The molecule has 2 rings (SSSR count). The molecule has 0 bridgehead atoms. The molecule has 0 spiro atoms. The molecular formula is C12H21N5O2. The normalized spacial score (nSPS) is 15.3. The van der Waals surface area contributed by atoms with Crippen LogP contribution in [0.15, 0.2) is 4.42 Å². The predicted molar refractivity (Wildman–Crippen MR) is 70.5 cm³/mol. The quantitative estimate of drug-likeness (QED) is 0.701. The zero-order chi connectivity index (χ0) is 13.9. The first kappa shape index (κ1) is 13.8. The summed E-state index contributed by atoms with van der Waals surface area (Å²) >= 11 is 0. The van der Waals surface area contributed by atoms with E-state index in [0.717, 1.165) is 0 Å². The lowest BCUT2D eigenvalue weighted by atomic mass is 10.1. The third-order valence-electron chi connectivity index (χ3n) is 2.50. The average molecular weight is 267 g/mol. The number of hydrogen-bond donors (Lipinski definition) is 3. The molecule has 7 heteroatoms. The van der Waals surface area contributed by atoms with Gasteiger partial charge in [0.2, 0.25) is 11.8 Å². The molecule has 0 saturated heterocycles. The highest BCUT2D eigenvalue weighted by atomic mass is 16.4. The average Bonchev–Trinajstić information content (AvgIpc) is 3.01. The summed E-state index contributed by atoms with van der Waals surface area (Å²) in [5.41, 5.74) is -0.243. The summed E-state index contributed by atoms with van der Waals surface area (Å²) in [7, 11) is 0. The summed E-state index contributed by atoms with van der Waals surface area (Å²) < 4.78 is 5.37. The lowest BCUT2D eigenvalue weighted by Crippen LogP contribution is -2.43. The van der Waals surface area contributed by atoms with Crippen molar-refractivity contribution in [1.82, 2.24) is 20.8 Å². The second-order valence-electron chi connectivity index (χ2n) is 5.81. The lowest BCUT2D eigenvalue weighted by molar-refractivity contribution is -0.120. The van der Waals surface area contributed by atoms with E-state index in [0.29, 0.717) is 18.5 Å². The minimum atomic E-state index is -0.243. The third-order valence-corrected chi connectivity index (χ3v) is 2.50. The fraction of sp³-hybridized carbons (Fsp3) is 0.750. The van der Waals surface area contributed by atoms with Gasteiger partial charge < -0.3 is 20.4 Å². The minimum absolute atomic E-state index is 0.108. The SMILES string of the molecule is CC(C)(C)NC(=O)CNc1nnc(CNC2CC2)o1. The van der Waals surface area contributed by atoms with Crippen molar-refractivity contribution in [2.75, 3.05) is 11.9 Å². The Kier molecular flexibility index (Phi) is 4.04. The van der Waals surface area contributed by atoms with Gasteiger partial charge >= 0.3 is 6.01 Å². The topological polar surface area (TPSA) is 92.1 Å². The number of amides is 1. The van der Waals surface area contributed by atoms with Crippen molar-refractivity contribution in [3.63, 3.8) is 0 Å². The molecule has 0 atom stereocenters. The monoisotopic (exact) mass is 267 g/mol. The molecule has 1 fully saturated rings. The first-order chi connectivity index (χ1) is 8.92. The molecule has 1 aromatic rings. The number of anilines is 1. The highest BCUT2D eigenvalue weighted by Crippen LogP contribution is 2.19. The van der Waals surface area contributed by atoms with Gasteiger partial charge in [0.05, 0.1) is 13.1 Å². The van der Waals surface area contributed by atoms with Crippen molar-refractivity contribution in [2.24, 2.45) is 0 Å². The highest BCUT2D eigenvalue weighted by Gasteiger charge is 2.21. The van der Waals surface area contributed by atoms with Crippen molar-refractivity contribution in [2.45, 2.75) is 51.7 Å². The van der Waals surface area contributed by atoms with E-state index in [1.807, 2.05) is 20.8 Å². The van der Waals surface area contributed by atoms with Crippen LogP contribution in [0.4, 0.5) is 6.01 Å². The van der Waals surface area contributed by atoms with Gasteiger partial charge in [0, 0.05) is 11.6 Å². The smallest absolute Gasteiger partial charge is 0.315 e. The Labute approximate surface area is 112 Å². The molecule has 1 heterocycles. The standard InChI is InChI=1S/C12H21N5O2/c1-12(2,3)15-9(18)6-14-11-17-16-10(19-11)7-13-8-4-5-8/h8,13H,4-7H2,1-3H3,(H,14,17)(H,15,18). The molecule has 0 radical (unpaired) electrons. The van der Waals surface area contributed by atoms with Crippen molar-refractivity contribution in [1.29, 1.82) is 0 Å². The van der Waals surface area contributed by atoms with Gasteiger partial charge in [-0.1, -0.05) is 5.10 Å². The van der Waals surface area contributed by atoms with Crippen molar-refractivity contribution in [3.8, 4) is 0 Å². The van der Waals surface area contributed by atoms with Gasteiger partial charge in [-0.3, -0.25) is 4.79 Å². The molecule has 3 N–H and O–H groups in total. The Morgan fingerprint density at radius 2 is 2.11 bits per heavy atom. The van der Waals surface area contributed by atoms with Crippen LogP contribution in [0.1, 0.15) is 39.5 Å². The number of aromatic nitrogens is 2. The molecular weight excluding hydrogens is 246 g/mol. The maximum atomic E-state index is 11.6. The Morgan fingerprint density at radius 3 is 2.74 bits per heavy atom. The van der Waals surface area contributed by atoms with Crippen molar-refractivity contribution >= 4 is 11.9 Å². The van der Waals surface area contributed by atoms with Crippen LogP contribution in [0.5, 0.6) is 0 Å². The second-order valence-corrected chi connectivity index (χ2v) is 5.81. The summed E-state index contributed by atoms with van der Waals surface area (Å²) in [4.78, 5) is 11.6. The molecule has 1 amide bonds. The molecule has 0 unspecified atom stereocenters. The van der Waals surface area contributed by atoms with E-state index in [1.54, 1.807) is 0 Å². The maximum Gasteiger partial charge on any atom is 0.315 e. The number of nitrogens with one attached hydrogen (secondary N) is 3. The number of carbonyl (C=O) groups excluding carboxylic acids is 1. The molecule has 1 aliphatic carbocycles. The van der Waals surface area contributed by atoms with Gasteiger partial charge in [-0.25, -0.2) is 0 Å². The Bertz CT molecular complexity index is 434. The fourth-order valence-electron chi connectivity index (χ4n) is 1.53. The van der Waals surface area contributed by atoms with E-state index < -0.39 is 0 Å². The minimum Gasteiger partial charge on any atom is -0.407 e. The summed E-state index contributed by atoms with van der Waals surface area (Å²) in [5.74, 6) is 0.425. The number of carbonyl (C=O) groups is 1. The van der Waals surface area contributed by atoms with Gasteiger partial charge in [0.25, 0.3) is 0 Å². The van der Waals surface area contributed by atoms with Crippen LogP contribution in [0.2, 0.25) is 0 Å². The predicted octanol–water partition coefficient (Wildman–Crippen LogP) is 0.648. The molecule has 0 aliphatic heterocycles. The van der Waals surface area contributed by atoms with Crippen LogP contribution in [-0.4, -0.2) is 34.2 Å². The molecule has 0 aromatic carbocycles. The maximum absolute atomic E-state index is 11.6. The van der Waals surface area contributed by atoms with Crippen LogP contribution in [-0.2, 0) is 11.3 Å². The van der Waals surface area contributed by atoms with Crippen LogP contribution < -0.4 is 16.0 Å². The summed E-state index contributed by atoms with van der Waals surface area (Å²) in [6.45, 7) is 6.49. The van der Waals surface area contributed by atoms with Gasteiger partial charge in [-0.2, -0.15) is 0 Å². The summed E-state index contributed by atoms with van der Waals surface area (Å²) in [5, 5.41) is 16.7. The van der Waals surface area contributed by atoms with E-state index in [1.165, 1.54) is 12.8 Å². The van der Waals surface area contributed by atoms with E-state index in [4.69, 9.17) is 4.42 Å². The largest absolute Gasteiger partial charge is 0.407 e. The third kappa shape index (κ3) is 5.25. The number of nitrogens with zero attached hydrogens (tertiary/aromatic N) is 2. The Balaban J connectivity index is 1.71. The van der Waals surface area contributed by atoms with Gasteiger partial charge in [-0.05, 0) is 33.6 Å². The zero-order valence-corrected chi connectivity index (χ0v) is 11.6. The van der Waals surface area contributed by atoms with Gasteiger partial charge in [0.1, 0.15) is 0 Å². The zero-order valence-electron chi connectivity index (χ0n) is 11.6. The number of hydrogen-bond acceptors (Lipinski definition) is 6. The second kappa shape index (κ2) is 5.56. The van der Waals surface area contributed by atoms with Crippen LogP contribution >= 0.6 is 0 Å².